The van der Waals surface area contributed by atoms with E-state index >= 15 is 0 Å². The molecule has 0 atom stereocenters. The molecule has 0 fully saturated rings. The Morgan fingerprint density at radius 1 is 1.39 bits per heavy atom. The van der Waals surface area contributed by atoms with Crippen molar-refractivity contribution >= 4 is 23.2 Å². The van der Waals surface area contributed by atoms with Gasteiger partial charge in [0.2, 0.25) is 5.91 Å². The minimum Gasteiger partial charge on any atom is -0.381 e. The Morgan fingerprint density at radius 2 is 2.30 bits per heavy atom. The molecule has 23 heavy (non-hydrogen) atoms. The molecule has 1 aromatic rings. The van der Waals surface area contributed by atoms with Crippen LogP contribution in [0.15, 0.2) is 59.8 Å². The van der Waals surface area contributed by atoms with Gasteiger partial charge in [0.1, 0.15) is 0 Å². The van der Waals surface area contributed by atoms with E-state index in [1.807, 2.05) is 12.1 Å². The van der Waals surface area contributed by atoms with Crippen molar-refractivity contribution in [3.8, 4) is 0 Å². The molecule has 3 rings (SSSR count). The first kappa shape index (κ1) is 15.8. The van der Waals surface area contributed by atoms with Crippen molar-refractivity contribution in [3.63, 3.8) is 0 Å². The zero-order valence-electron chi connectivity index (χ0n) is 12.9. The number of nitrogens with zero attached hydrogens (tertiary/aromatic N) is 1. The van der Waals surface area contributed by atoms with Gasteiger partial charge in [-0.3, -0.25) is 9.69 Å². The number of allylic oxidation sites excluding steroid dienone is 3. The predicted molar refractivity (Wildman–Crippen MR) is 94.4 cm³/mol. The van der Waals surface area contributed by atoms with Gasteiger partial charge in [-0.1, -0.05) is 35.9 Å². The monoisotopic (exact) mass is 329 g/mol. The molecule has 0 bridgehead atoms. The normalized spacial score (nSPS) is 18.0. The molecule has 1 aromatic carbocycles. The van der Waals surface area contributed by atoms with Gasteiger partial charge in [-0.05, 0) is 36.3 Å². The highest BCUT2D eigenvalue weighted by Crippen LogP contribution is 2.19. The molecule has 5 heteroatoms. The number of rotatable bonds is 4. The summed E-state index contributed by atoms with van der Waals surface area (Å²) in [5.41, 5.74) is 3.27. The number of benzene rings is 1. The van der Waals surface area contributed by atoms with E-state index in [0.29, 0.717) is 11.6 Å². The number of anilines is 1. The van der Waals surface area contributed by atoms with Gasteiger partial charge in [-0.2, -0.15) is 0 Å². The third-order valence-electron chi connectivity index (χ3n) is 3.92. The number of amides is 1. The summed E-state index contributed by atoms with van der Waals surface area (Å²) < 4.78 is 0. The molecule has 0 aliphatic carbocycles. The summed E-state index contributed by atoms with van der Waals surface area (Å²) in [5, 5.41) is 6.89. The summed E-state index contributed by atoms with van der Waals surface area (Å²) in [7, 11) is 0. The number of hydrogen-bond donors (Lipinski definition) is 2. The minimum atomic E-state index is -0.0120. The van der Waals surface area contributed by atoms with E-state index in [1.165, 1.54) is 11.3 Å². The molecule has 2 aliphatic rings. The molecule has 0 spiro atoms. The van der Waals surface area contributed by atoms with Crippen molar-refractivity contribution in [1.29, 1.82) is 0 Å². The number of hydrogen-bond acceptors (Lipinski definition) is 3. The van der Waals surface area contributed by atoms with Crippen LogP contribution in [0.2, 0.25) is 5.02 Å². The summed E-state index contributed by atoms with van der Waals surface area (Å²) in [4.78, 5) is 14.3. The zero-order valence-corrected chi connectivity index (χ0v) is 13.6. The average Bonchev–Trinajstić information content (AvgIpc) is 2.56. The molecule has 2 heterocycles. The predicted octanol–water partition coefficient (Wildman–Crippen LogP) is 2.95. The number of carbonyl (C=O) groups excluding carboxylic acids is 1. The van der Waals surface area contributed by atoms with Gasteiger partial charge < -0.3 is 10.6 Å². The molecular formula is C18H20ClN3O. The van der Waals surface area contributed by atoms with Gasteiger partial charge in [0.25, 0.3) is 0 Å². The molecular weight excluding hydrogens is 310 g/mol. The van der Waals surface area contributed by atoms with Crippen LogP contribution in [0.25, 0.3) is 0 Å². The van der Waals surface area contributed by atoms with E-state index in [2.05, 4.69) is 39.8 Å². The van der Waals surface area contributed by atoms with Gasteiger partial charge in [-0.15, -0.1) is 0 Å². The Bertz CT molecular complexity index is 679. The Labute approximate surface area is 141 Å². The van der Waals surface area contributed by atoms with Crippen LogP contribution in [-0.2, 0) is 4.79 Å². The molecule has 0 saturated heterocycles. The molecule has 4 nitrogen and oxygen atoms in total. The van der Waals surface area contributed by atoms with Crippen LogP contribution in [0.4, 0.5) is 5.69 Å². The standard InChI is InChI=1S/C18H20ClN3O/c19-15-4-3-5-16(12-15)21-18(23)13-22-10-7-14(8-11-22)17-6-1-2-9-20-17/h1-7,12,20H,8-11,13H2,(H,21,23). The maximum Gasteiger partial charge on any atom is 0.238 e. The fraction of sp³-hybridized carbons (Fsp3) is 0.278. The van der Waals surface area contributed by atoms with Gasteiger partial charge in [0, 0.05) is 36.0 Å². The first-order valence-electron chi connectivity index (χ1n) is 7.78. The molecule has 2 aliphatic heterocycles. The van der Waals surface area contributed by atoms with Crippen molar-refractivity contribution in [1.82, 2.24) is 10.2 Å². The topological polar surface area (TPSA) is 44.4 Å². The molecule has 0 aromatic heterocycles. The van der Waals surface area contributed by atoms with Crippen molar-refractivity contribution in [2.45, 2.75) is 6.42 Å². The molecule has 1 amide bonds. The minimum absolute atomic E-state index is 0.0120. The lowest BCUT2D eigenvalue weighted by Gasteiger charge is -2.27. The Kier molecular flexibility index (Phi) is 5.16. The van der Waals surface area contributed by atoms with Crippen LogP contribution >= 0.6 is 11.6 Å². The first-order valence-corrected chi connectivity index (χ1v) is 8.16. The van der Waals surface area contributed by atoms with E-state index in [9.17, 15) is 4.79 Å². The number of nitrogens with one attached hydrogen (secondary N) is 2. The van der Waals surface area contributed by atoms with Crippen molar-refractivity contribution in [2.24, 2.45) is 0 Å². The molecule has 0 saturated carbocycles. The highest BCUT2D eigenvalue weighted by Gasteiger charge is 2.17. The van der Waals surface area contributed by atoms with E-state index in [4.69, 9.17) is 11.6 Å². The first-order chi connectivity index (χ1) is 11.2. The molecule has 0 radical (unpaired) electrons. The second-order valence-corrected chi connectivity index (χ2v) is 6.10. The molecule has 120 valence electrons. The van der Waals surface area contributed by atoms with Crippen LogP contribution in [0.3, 0.4) is 0 Å². The average molecular weight is 330 g/mol. The summed E-state index contributed by atoms with van der Waals surface area (Å²) in [6, 6.07) is 7.21. The fourth-order valence-corrected chi connectivity index (χ4v) is 2.94. The van der Waals surface area contributed by atoms with E-state index in [-0.39, 0.29) is 5.91 Å². The maximum absolute atomic E-state index is 12.1. The van der Waals surface area contributed by atoms with Gasteiger partial charge >= 0.3 is 0 Å². The molecule has 0 unspecified atom stereocenters. The Balaban J connectivity index is 1.52. The number of halogens is 1. The Morgan fingerprint density at radius 3 is 3.00 bits per heavy atom. The highest BCUT2D eigenvalue weighted by molar-refractivity contribution is 6.30. The van der Waals surface area contributed by atoms with Gasteiger partial charge in [-0.25, -0.2) is 0 Å². The van der Waals surface area contributed by atoms with Crippen LogP contribution in [0, 0.1) is 0 Å². The summed E-state index contributed by atoms with van der Waals surface area (Å²) in [5.74, 6) is -0.0120. The second kappa shape index (κ2) is 7.49. The zero-order chi connectivity index (χ0) is 16.1. The van der Waals surface area contributed by atoms with Crippen molar-refractivity contribution in [3.05, 3.63) is 64.9 Å². The third-order valence-corrected chi connectivity index (χ3v) is 4.16. The highest BCUT2D eigenvalue weighted by atomic mass is 35.5. The van der Waals surface area contributed by atoms with Gasteiger partial charge in [0.15, 0.2) is 0 Å². The largest absolute Gasteiger partial charge is 0.381 e. The SMILES string of the molecule is O=C(CN1CC=C(C2=CC=CCN2)CC1)Nc1cccc(Cl)c1. The van der Waals surface area contributed by atoms with Crippen molar-refractivity contribution in [2.75, 3.05) is 31.5 Å². The van der Waals surface area contributed by atoms with E-state index in [1.54, 1.807) is 12.1 Å². The quantitative estimate of drug-likeness (QED) is 0.892. The fourth-order valence-electron chi connectivity index (χ4n) is 2.75. The van der Waals surface area contributed by atoms with Crippen LogP contribution < -0.4 is 10.6 Å². The van der Waals surface area contributed by atoms with E-state index in [0.717, 1.165) is 31.7 Å². The lowest BCUT2D eigenvalue weighted by atomic mass is 10.0. The second-order valence-electron chi connectivity index (χ2n) is 5.66. The van der Waals surface area contributed by atoms with Crippen LogP contribution in [0.1, 0.15) is 6.42 Å². The number of dihydropyridines is 1. The third kappa shape index (κ3) is 4.47. The number of carbonyl (C=O) groups is 1. The van der Waals surface area contributed by atoms with Gasteiger partial charge in [0.05, 0.1) is 6.54 Å². The van der Waals surface area contributed by atoms with E-state index < -0.39 is 0 Å². The lowest BCUT2D eigenvalue weighted by Crippen LogP contribution is -2.37. The summed E-state index contributed by atoms with van der Waals surface area (Å²) in [6.07, 6.45) is 9.44. The summed E-state index contributed by atoms with van der Waals surface area (Å²) >= 11 is 5.92. The van der Waals surface area contributed by atoms with Crippen LogP contribution in [0.5, 0.6) is 0 Å². The van der Waals surface area contributed by atoms with Crippen molar-refractivity contribution < 1.29 is 4.79 Å². The van der Waals surface area contributed by atoms with Crippen LogP contribution in [-0.4, -0.2) is 37.0 Å². The maximum atomic E-state index is 12.1. The Hall–Kier alpha value is -2.04. The smallest absolute Gasteiger partial charge is 0.238 e. The lowest BCUT2D eigenvalue weighted by molar-refractivity contribution is -0.117. The summed E-state index contributed by atoms with van der Waals surface area (Å²) in [6.45, 7) is 2.95. The molecule has 2 N–H and O–H groups in total.